The van der Waals surface area contributed by atoms with Gasteiger partial charge in [-0.1, -0.05) is 45.0 Å². The fourth-order valence-corrected chi connectivity index (χ4v) is 7.08. The van der Waals surface area contributed by atoms with E-state index in [9.17, 15) is 0 Å². The van der Waals surface area contributed by atoms with Gasteiger partial charge in [-0.15, -0.1) is 11.3 Å². The molecular weight excluding hydrogens is 370 g/mol. The average molecular weight is 398 g/mol. The maximum absolute atomic E-state index is 4.91. The molecule has 2 bridgehead atoms. The highest BCUT2D eigenvalue weighted by molar-refractivity contribution is 7.20. The molecule has 7 rings (SSSR count). The lowest BCUT2D eigenvalue weighted by atomic mass is 9.47. The quantitative estimate of drug-likeness (QED) is 0.335. The van der Waals surface area contributed by atoms with E-state index in [2.05, 4.69) is 70.2 Å². The molecule has 3 aliphatic carbocycles. The molecular formula is C27H27NS. The second-order valence-electron chi connectivity index (χ2n) is 10.1. The first-order valence-electron chi connectivity index (χ1n) is 10.8. The number of aromatic nitrogens is 1. The lowest BCUT2D eigenvalue weighted by molar-refractivity contribution is -0.0213. The van der Waals surface area contributed by atoms with Gasteiger partial charge in [-0.25, -0.2) is 0 Å². The highest BCUT2D eigenvalue weighted by Gasteiger charge is 2.54. The second kappa shape index (κ2) is 5.92. The van der Waals surface area contributed by atoms with E-state index in [1.165, 1.54) is 50.4 Å². The molecule has 0 saturated heterocycles. The number of hydrogen-bond acceptors (Lipinski definition) is 2. The van der Waals surface area contributed by atoms with Crippen molar-refractivity contribution >= 4 is 32.2 Å². The Bertz CT molecular complexity index is 1260. The van der Waals surface area contributed by atoms with E-state index in [4.69, 9.17) is 4.98 Å². The molecule has 4 aromatic rings. The van der Waals surface area contributed by atoms with Gasteiger partial charge in [0.1, 0.15) is 0 Å². The van der Waals surface area contributed by atoms with Crippen LogP contribution in [0.1, 0.15) is 55.5 Å². The van der Waals surface area contributed by atoms with Crippen LogP contribution < -0.4 is 0 Å². The third kappa shape index (κ3) is 2.48. The molecule has 2 aromatic carbocycles. The van der Waals surface area contributed by atoms with Crippen molar-refractivity contribution in [1.29, 1.82) is 0 Å². The number of fused-ring (bicyclic) bond motifs is 2. The predicted molar refractivity (Wildman–Crippen MR) is 125 cm³/mol. The Morgan fingerprint density at radius 1 is 0.966 bits per heavy atom. The molecule has 0 N–H and O–H groups in total. The normalized spacial score (nSPS) is 23.2. The van der Waals surface area contributed by atoms with E-state index >= 15 is 0 Å². The zero-order chi connectivity index (χ0) is 19.9. The van der Waals surface area contributed by atoms with Crippen LogP contribution in [0.2, 0.25) is 0 Å². The summed E-state index contributed by atoms with van der Waals surface area (Å²) in [6.07, 6.45) is 4.93. The summed E-state index contributed by atoms with van der Waals surface area (Å²) in [4.78, 5) is 6.54. The molecule has 0 unspecified atom stereocenters. The number of aryl methyl sites for hydroxylation is 1. The third-order valence-corrected chi connectivity index (χ3v) is 8.78. The fourth-order valence-electron chi connectivity index (χ4n) is 5.47. The Labute approximate surface area is 176 Å². The van der Waals surface area contributed by atoms with Crippen molar-refractivity contribution in [2.75, 3.05) is 0 Å². The molecule has 3 aliphatic rings. The van der Waals surface area contributed by atoms with Gasteiger partial charge in [0.15, 0.2) is 0 Å². The van der Waals surface area contributed by atoms with Crippen LogP contribution in [0.4, 0.5) is 0 Å². The largest absolute Gasteiger partial charge is 0.255 e. The van der Waals surface area contributed by atoms with Crippen LogP contribution in [0.25, 0.3) is 32.1 Å². The number of benzene rings is 2. The summed E-state index contributed by atoms with van der Waals surface area (Å²) in [6.45, 7) is 9.26. The van der Waals surface area contributed by atoms with Gasteiger partial charge in [-0.2, -0.15) is 0 Å². The maximum atomic E-state index is 4.91. The van der Waals surface area contributed by atoms with Gasteiger partial charge in [-0.3, -0.25) is 4.98 Å². The van der Waals surface area contributed by atoms with E-state index in [1.807, 2.05) is 17.5 Å². The van der Waals surface area contributed by atoms with Crippen molar-refractivity contribution in [1.82, 2.24) is 4.98 Å². The summed E-state index contributed by atoms with van der Waals surface area (Å²) in [5.74, 6) is 2.75. The number of nitrogens with zero attached hydrogens (tertiary/aromatic N) is 1. The Morgan fingerprint density at radius 2 is 1.72 bits per heavy atom. The SMILES string of the molecule is Cc1c(C2C3CC2C3)sc2c(-c3cc(C(C)(C)C)c4ccccc4c3)nccc12. The van der Waals surface area contributed by atoms with Gasteiger partial charge in [0.2, 0.25) is 0 Å². The molecule has 2 heterocycles. The minimum Gasteiger partial charge on any atom is -0.255 e. The molecule has 0 amide bonds. The van der Waals surface area contributed by atoms with Crippen LogP contribution in [0, 0.1) is 18.8 Å². The van der Waals surface area contributed by atoms with E-state index < -0.39 is 0 Å². The molecule has 29 heavy (non-hydrogen) atoms. The van der Waals surface area contributed by atoms with Crippen LogP contribution in [-0.2, 0) is 5.41 Å². The van der Waals surface area contributed by atoms with Crippen LogP contribution in [-0.4, -0.2) is 4.98 Å². The molecule has 2 heteroatoms. The summed E-state index contributed by atoms with van der Waals surface area (Å²) in [7, 11) is 0. The topological polar surface area (TPSA) is 12.9 Å². The van der Waals surface area contributed by atoms with Gasteiger partial charge in [0, 0.05) is 16.6 Å². The monoisotopic (exact) mass is 397 g/mol. The number of pyridine rings is 1. The molecule has 146 valence electrons. The molecule has 0 atom stereocenters. The van der Waals surface area contributed by atoms with Crippen molar-refractivity contribution in [2.24, 2.45) is 11.8 Å². The minimum atomic E-state index is 0.0905. The maximum Gasteiger partial charge on any atom is 0.0880 e. The van der Waals surface area contributed by atoms with Crippen LogP contribution >= 0.6 is 11.3 Å². The van der Waals surface area contributed by atoms with Crippen molar-refractivity contribution in [3.8, 4) is 11.3 Å². The van der Waals surface area contributed by atoms with E-state index in [0.717, 1.165) is 23.4 Å². The summed E-state index contributed by atoms with van der Waals surface area (Å²) < 4.78 is 1.38. The predicted octanol–water partition coefficient (Wildman–Crippen LogP) is 7.85. The summed E-state index contributed by atoms with van der Waals surface area (Å²) in [5.41, 5.74) is 5.41. The van der Waals surface area contributed by atoms with Crippen molar-refractivity contribution in [2.45, 2.75) is 51.9 Å². The van der Waals surface area contributed by atoms with E-state index in [0.29, 0.717) is 0 Å². The minimum absolute atomic E-state index is 0.0905. The van der Waals surface area contributed by atoms with Crippen molar-refractivity contribution in [3.63, 3.8) is 0 Å². The molecule has 0 aliphatic heterocycles. The van der Waals surface area contributed by atoms with Gasteiger partial charge in [0.25, 0.3) is 0 Å². The molecule has 0 radical (unpaired) electrons. The lowest BCUT2D eigenvalue weighted by Crippen LogP contribution is -2.47. The Kier molecular flexibility index (Phi) is 3.60. The molecule has 3 fully saturated rings. The van der Waals surface area contributed by atoms with E-state index in [1.54, 1.807) is 4.88 Å². The number of thiophene rings is 1. The Balaban J connectivity index is 1.59. The van der Waals surface area contributed by atoms with Gasteiger partial charge in [-0.05, 0) is 88.4 Å². The third-order valence-electron chi connectivity index (χ3n) is 7.36. The summed E-state index contributed by atoms with van der Waals surface area (Å²) in [6, 6.07) is 15.7. The Morgan fingerprint density at radius 3 is 2.41 bits per heavy atom. The fraction of sp³-hybridized carbons (Fsp3) is 0.370. The molecule has 2 aromatic heterocycles. The van der Waals surface area contributed by atoms with Crippen LogP contribution in [0.15, 0.2) is 48.7 Å². The van der Waals surface area contributed by atoms with E-state index in [-0.39, 0.29) is 5.41 Å². The second-order valence-corrected chi connectivity index (χ2v) is 11.2. The first kappa shape index (κ1) is 17.7. The summed E-state index contributed by atoms with van der Waals surface area (Å²) in [5, 5.41) is 4.07. The average Bonchev–Trinajstić information content (AvgIpc) is 2.93. The van der Waals surface area contributed by atoms with Gasteiger partial charge < -0.3 is 0 Å². The highest BCUT2D eigenvalue weighted by Crippen LogP contribution is 2.65. The molecule has 0 spiro atoms. The van der Waals surface area contributed by atoms with Gasteiger partial charge >= 0.3 is 0 Å². The van der Waals surface area contributed by atoms with Crippen LogP contribution in [0.5, 0.6) is 0 Å². The lowest BCUT2D eigenvalue weighted by Gasteiger charge is -2.58. The first-order chi connectivity index (χ1) is 13.9. The molecule has 3 saturated carbocycles. The molecule has 1 nitrogen and oxygen atoms in total. The number of rotatable bonds is 2. The van der Waals surface area contributed by atoms with Crippen molar-refractivity contribution in [3.05, 3.63) is 64.7 Å². The van der Waals surface area contributed by atoms with Gasteiger partial charge in [0.05, 0.1) is 10.4 Å². The highest BCUT2D eigenvalue weighted by atomic mass is 32.1. The zero-order valence-electron chi connectivity index (χ0n) is 17.6. The smallest absolute Gasteiger partial charge is 0.0880 e. The standard InChI is InChI=1S/C27H27NS/c1-15-20-9-10-28-24(26(20)29-25(15)23-17-12-18(23)13-17)19-11-16-7-5-6-8-21(16)22(14-19)27(2,3)4/h5-11,14,17-18,23H,12-13H2,1-4H3. The Hall–Kier alpha value is -2.19. The number of hydrogen-bond donors (Lipinski definition) is 0. The van der Waals surface area contributed by atoms with Crippen LogP contribution in [0.3, 0.4) is 0 Å². The zero-order valence-corrected chi connectivity index (χ0v) is 18.4. The first-order valence-corrected chi connectivity index (χ1v) is 11.6. The van der Waals surface area contributed by atoms with Crippen molar-refractivity contribution < 1.29 is 0 Å². The summed E-state index contributed by atoms with van der Waals surface area (Å²) >= 11 is 2.02.